The average Bonchev–Trinajstić information content (AvgIpc) is 2.25. The molecule has 1 rings (SSSR count). The van der Waals surface area contributed by atoms with Gasteiger partial charge in [0.2, 0.25) is 5.91 Å². The van der Waals surface area contributed by atoms with Gasteiger partial charge in [-0.3, -0.25) is 4.79 Å². The van der Waals surface area contributed by atoms with Gasteiger partial charge in [0.05, 0.1) is 0 Å². The molecule has 0 saturated heterocycles. The van der Waals surface area contributed by atoms with Gasteiger partial charge in [0, 0.05) is 23.3 Å². The van der Waals surface area contributed by atoms with E-state index in [2.05, 4.69) is 32.2 Å². The van der Waals surface area contributed by atoms with Crippen LogP contribution >= 0.6 is 11.8 Å². The molecule has 0 heterocycles. The van der Waals surface area contributed by atoms with Gasteiger partial charge in [-0.1, -0.05) is 26.8 Å². The van der Waals surface area contributed by atoms with E-state index in [1.54, 1.807) is 0 Å². The Morgan fingerprint density at radius 2 is 2.06 bits per heavy atom. The average molecular weight is 265 g/mol. The molecule has 0 aliphatic heterocycles. The van der Waals surface area contributed by atoms with E-state index < -0.39 is 0 Å². The molecule has 0 spiro atoms. The molecular weight excluding hydrogens is 242 g/mol. The second kappa shape index (κ2) is 7.47. The van der Waals surface area contributed by atoms with Gasteiger partial charge in [-0.05, 0) is 36.5 Å². The lowest BCUT2D eigenvalue weighted by Crippen LogP contribution is -2.05. The largest absolute Gasteiger partial charge is 0.326 e. The van der Waals surface area contributed by atoms with Gasteiger partial charge in [-0.15, -0.1) is 11.8 Å². The quantitative estimate of drug-likeness (QED) is 0.771. The molecule has 1 atom stereocenters. The fourth-order valence-corrected chi connectivity index (χ4v) is 2.98. The van der Waals surface area contributed by atoms with E-state index in [1.807, 2.05) is 30.0 Å². The SMILES string of the molecule is CC(=O)Nc1cccc(SC[C@@H](C)CC(C)C)c1. The Kier molecular flexibility index (Phi) is 6.27. The molecule has 2 nitrogen and oxygen atoms in total. The van der Waals surface area contributed by atoms with Gasteiger partial charge < -0.3 is 5.32 Å². The minimum Gasteiger partial charge on any atom is -0.326 e. The molecule has 1 N–H and O–H groups in total. The maximum Gasteiger partial charge on any atom is 0.221 e. The molecule has 1 aromatic carbocycles. The number of anilines is 1. The van der Waals surface area contributed by atoms with Crippen LogP contribution in [-0.4, -0.2) is 11.7 Å². The van der Waals surface area contributed by atoms with Crippen LogP contribution in [0.5, 0.6) is 0 Å². The Bertz CT molecular complexity index is 390. The molecular formula is C15H23NOS. The summed E-state index contributed by atoms with van der Waals surface area (Å²) >= 11 is 1.86. The first-order chi connectivity index (χ1) is 8.47. The van der Waals surface area contributed by atoms with E-state index in [1.165, 1.54) is 18.2 Å². The Morgan fingerprint density at radius 1 is 1.33 bits per heavy atom. The van der Waals surface area contributed by atoms with Crippen LogP contribution in [0, 0.1) is 11.8 Å². The van der Waals surface area contributed by atoms with Gasteiger partial charge in [-0.25, -0.2) is 0 Å². The highest BCUT2D eigenvalue weighted by atomic mass is 32.2. The zero-order valence-corrected chi connectivity index (χ0v) is 12.5. The van der Waals surface area contributed by atoms with Crippen LogP contribution in [0.4, 0.5) is 5.69 Å². The van der Waals surface area contributed by atoms with Crippen molar-refractivity contribution in [2.75, 3.05) is 11.1 Å². The molecule has 0 bridgehead atoms. The lowest BCUT2D eigenvalue weighted by atomic mass is 10.0. The minimum absolute atomic E-state index is 0.0228. The topological polar surface area (TPSA) is 29.1 Å². The number of nitrogens with one attached hydrogen (secondary N) is 1. The number of thioether (sulfide) groups is 1. The molecule has 0 aliphatic carbocycles. The van der Waals surface area contributed by atoms with Crippen molar-refractivity contribution in [3.05, 3.63) is 24.3 Å². The van der Waals surface area contributed by atoms with Gasteiger partial charge in [0.25, 0.3) is 0 Å². The van der Waals surface area contributed by atoms with Gasteiger partial charge in [0.15, 0.2) is 0 Å². The Morgan fingerprint density at radius 3 is 2.67 bits per heavy atom. The second-order valence-electron chi connectivity index (χ2n) is 5.25. The van der Waals surface area contributed by atoms with Crippen LogP contribution in [0.3, 0.4) is 0 Å². The maximum absolute atomic E-state index is 11.0. The van der Waals surface area contributed by atoms with Crippen molar-refractivity contribution >= 4 is 23.4 Å². The first-order valence-corrected chi connectivity index (χ1v) is 7.46. The predicted octanol–water partition coefficient (Wildman–Crippen LogP) is 4.42. The summed E-state index contributed by atoms with van der Waals surface area (Å²) in [6, 6.07) is 8.04. The zero-order valence-electron chi connectivity index (χ0n) is 11.7. The molecule has 0 aliphatic rings. The Labute approximate surface area is 115 Å². The molecule has 0 fully saturated rings. The van der Waals surface area contributed by atoms with Crippen molar-refractivity contribution in [3.8, 4) is 0 Å². The fourth-order valence-electron chi connectivity index (χ4n) is 1.98. The summed E-state index contributed by atoms with van der Waals surface area (Å²) in [4.78, 5) is 12.2. The zero-order chi connectivity index (χ0) is 13.5. The lowest BCUT2D eigenvalue weighted by Gasteiger charge is -2.13. The number of amides is 1. The van der Waals surface area contributed by atoms with E-state index >= 15 is 0 Å². The molecule has 1 aromatic rings. The van der Waals surface area contributed by atoms with Gasteiger partial charge in [-0.2, -0.15) is 0 Å². The van der Waals surface area contributed by atoms with E-state index in [0.717, 1.165) is 23.3 Å². The summed E-state index contributed by atoms with van der Waals surface area (Å²) in [6.45, 7) is 8.35. The highest BCUT2D eigenvalue weighted by Gasteiger charge is 2.06. The molecule has 0 radical (unpaired) electrons. The summed E-state index contributed by atoms with van der Waals surface area (Å²) in [5.41, 5.74) is 0.879. The molecule has 3 heteroatoms. The first-order valence-electron chi connectivity index (χ1n) is 6.48. The van der Waals surface area contributed by atoms with Crippen LogP contribution in [0.2, 0.25) is 0 Å². The van der Waals surface area contributed by atoms with Crippen LogP contribution in [0.15, 0.2) is 29.2 Å². The third-order valence-corrected chi connectivity index (χ3v) is 3.89. The van der Waals surface area contributed by atoms with Crippen LogP contribution in [0.25, 0.3) is 0 Å². The van der Waals surface area contributed by atoms with Crippen molar-refractivity contribution < 1.29 is 4.79 Å². The summed E-state index contributed by atoms with van der Waals surface area (Å²) in [5, 5.41) is 2.81. The predicted molar refractivity (Wildman–Crippen MR) is 80.1 cm³/mol. The van der Waals surface area contributed by atoms with E-state index in [0.29, 0.717) is 0 Å². The number of rotatable bonds is 6. The van der Waals surface area contributed by atoms with E-state index in [9.17, 15) is 4.79 Å². The number of benzene rings is 1. The third-order valence-electron chi connectivity index (χ3n) is 2.56. The Hall–Kier alpha value is -0.960. The molecule has 100 valence electrons. The number of carbonyl (C=O) groups is 1. The summed E-state index contributed by atoms with van der Waals surface area (Å²) < 4.78 is 0. The van der Waals surface area contributed by atoms with Crippen LogP contribution in [-0.2, 0) is 4.79 Å². The van der Waals surface area contributed by atoms with Crippen molar-refractivity contribution in [1.82, 2.24) is 0 Å². The van der Waals surface area contributed by atoms with E-state index in [4.69, 9.17) is 0 Å². The highest BCUT2D eigenvalue weighted by Crippen LogP contribution is 2.25. The monoisotopic (exact) mass is 265 g/mol. The molecule has 18 heavy (non-hydrogen) atoms. The summed E-state index contributed by atoms with van der Waals surface area (Å²) in [6.07, 6.45) is 1.26. The maximum atomic E-state index is 11.0. The summed E-state index contributed by atoms with van der Waals surface area (Å²) in [5.74, 6) is 2.58. The highest BCUT2D eigenvalue weighted by molar-refractivity contribution is 7.99. The normalized spacial score (nSPS) is 12.5. The lowest BCUT2D eigenvalue weighted by molar-refractivity contribution is -0.114. The van der Waals surface area contributed by atoms with Crippen molar-refractivity contribution in [2.45, 2.75) is 39.0 Å². The number of carbonyl (C=O) groups excluding carboxylic acids is 1. The first kappa shape index (κ1) is 15.1. The minimum atomic E-state index is -0.0228. The van der Waals surface area contributed by atoms with E-state index in [-0.39, 0.29) is 5.91 Å². The molecule has 0 saturated carbocycles. The van der Waals surface area contributed by atoms with Crippen molar-refractivity contribution in [2.24, 2.45) is 11.8 Å². The Balaban J connectivity index is 2.49. The van der Waals surface area contributed by atoms with Gasteiger partial charge >= 0.3 is 0 Å². The standard InChI is InChI=1S/C15H23NOS/c1-11(2)8-12(3)10-18-15-7-5-6-14(9-15)16-13(4)17/h5-7,9,11-12H,8,10H2,1-4H3,(H,16,17)/t12-/m0/s1. The van der Waals surface area contributed by atoms with Crippen molar-refractivity contribution in [3.63, 3.8) is 0 Å². The third kappa shape index (κ3) is 6.10. The number of hydrogen-bond acceptors (Lipinski definition) is 2. The van der Waals surface area contributed by atoms with Crippen molar-refractivity contribution in [1.29, 1.82) is 0 Å². The van der Waals surface area contributed by atoms with Crippen LogP contribution in [0.1, 0.15) is 34.1 Å². The smallest absolute Gasteiger partial charge is 0.221 e. The molecule has 0 unspecified atom stereocenters. The number of hydrogen-bond donors (Lipinski definition) is 1. The molecule has 1 amide bonds. The van der Waals surface area contributed by atoms with Gasteiger partial charge in [0.1, 0.15) is 0 Å². The second-order valence-corrected chi connectivity index (χ2v) is 6.35. The summed E-state index contributed by atoms with van der Waals surface area (Å²) in [7, 11) is 0. The molecule has 0 aromatic heterocycles. The fraction of sp³-hybridized carbons (Fsp3) is 0.533. The van der Waals surface area contributed by atoms with Crippen LogP contribution < -0.4 is 5.32 Å².